The number of amides is 1. The van der Waals surface area contributed by atoms with Crippen LogP contribution in [0.1, 0.15) is 48.0 Å². The van der Waals surface area contributed by atoms with Gasteiger partial charge in [0.1, 0.15) is 5.01 Å². The van der Waals surface area contributed by atoms with Gasteiger partial charge in [0.2, 0.25) is 5.13 Å². The molecular formula is C15H17Cl2N3O2S. The number of methoxy groups -OCH3 is 1. The van der Waals surface area contributed by atoms with Gasteiger partial charge in [0.25, 0.3) is 5.91 Å². The molecule has 2 aromatic rings. The highest BCUT2D eigenvalue weighted by atomic mass is 35.5. The Morgan fingerprint density at radius 3 is 2.39 bits per heavy atom. The fourth-order valence-electron chi connectivity index (χ4n) is 2.14. The van der Waals surface area contributed by atoms with Gasteiger partial charge in [0.05, 0.1) is 17.2 Å². The molecule has 0 radical (unpaired) electrons. The van der Waals surface area contributed by atoms with Gasteiger partial charge < -0.3 is 4.74 Å². The van der Waals surface area contributed by atoms with Gasteiger partial charge in [-0.1, -0.05) is 48.4 Å². The average molecular weight is 374 g/mol. The molecule has 0 spiro atoms. The van der Waals surface area contributed by atoms with E-state index in [9.17, 15) is 4.79 Å². The van der Waals surface area contributed by atoms with Gasteiger partial charge in [0, 0.05) is 11.5 Å². The summed E-state index contributed by atoms with van der Waals surface area (Å²) in [5, 5.41) is 12.8. The summed E-state index contributed by atoms with van der Waals surface area (Å²) in [7, 11) is 1.47. The first kappa shape index (κ1) is 18.0. The standard InChI is InChI=1S/C15H17Cl2N3O2S/c1-4-8(5-2)14-19-20-15(23-14)18-13(21)9-6-10(16)12(22-3)11(17)7-9/h6-8H,4-5H2,1-3H3,(H,18,20,21). The van der Waals surface area contributed by atoms with Crippen molar-refractivity contribution in [2.24, 2.45) is 0 Å². The molecule has 0 fully saturated rings. The van der Waals surface area contributed by atoms with Crippen molar-refractivity contribution in [1.29, 1.82) is 0 Å². The van der Waals surface area contributed by atoms with E-state index in [1.807, 2.05) is 0 Å². The maximum Gasteiger partial charge on any atom is 0.257 e. The van der Waals surface area contributed by atoms with Crippen molar-refractivity contribution in [3.63, 3.8) is 0 Å². The minimum absolute atomic E-state index is 0.278. The SMILES string of the molecule is CCC(CC)c1nnc(NC(=O)c2cc(Cl)c(OC)c(Cl)c2)s1. The highest BCUT2D eigenvalue weighted by Gasteiger charge is 2.17. The van der Waals surface area contributed by atoms with Gasteiger partial charge in [-0.2, -0.15) is 0 Å². The normalized spacial score (nSPS) is 10.9. The molecule has 23 heavy (non-hydrogen) atoms. The smallest absolute Gasteiger partial charge is 0.257 e. The quantitative estimate of drug-likeness (QED) is 0.772. The van der Waals surface area contributed by atoms with Crippen LogP contribution in [0.4, 0.5) is 5.13 Å². The van der Waals surface area contributed by atoms with Crippen molar-refractivity contribution in [2.45, 2.75) is 32.6 Å². The van der Waals surface area contributed by atoms with Crippen molar-refractivity contribution in [3.05, 3.63) is 32.7 Å². The molecular weight excluding hydrogens is 357 g/mol. The summed E-state index contributed by atoms with van der Waals surface area (Å²) in [6.07, 6.45) is 1.98. The lowest BCUT2D eigenvalue weighted by molar-refractivity contribution is 0.102. The van der Waals surface area contributed by atoms with Crippen LogP contribution >= 0.6 is 34.5 Å². The van der Waals surface area contributed by atoms with Crippen molar-refractivity contribution >= 4 is 45.6 Å². The largest absolute Gasteiger partial charge is 0.494 e. The first-order valence-electron chi connectivity index (χ1n) is 7.17. The van der Waals surface area contributed by atoms with Crippen LogP contribution in [0.3, 0.4) is 0 Å². The van der Waals surface area contributed by atoms with Gasteiger partial charge in [-0.3, -0.25) is 10.1 Å². The third-order valence-electron chi connectivity index (χ3n) is 3.46. The molecule has 1 N–H and O–H groups in total. The maximum absolute atomic E-state index is 12.3. The molecule has 2 rings (SSSR count). The van der Waals surface area contributed by atoms with Crippen molar-refractivity contribution in [3.8, 4) is 5.75 Å². The summed E-state index contributed by atoms with van der Waals surface area (Å²) in [4.78, 5) is 12.3. The lowest BCUT2D eigenvalue weighted by atomic mass is 10.1. The number of ether oxygens (including phenoxy) is 1. The molecule has 0 saturated carbocycles. The Kier molecular flexibility index (Phi) is 6.21. The number of hydrogen-bond donors (Lipinski definition) is 1. The van der Waals surface area contributed by atoms with E-state index in [1.54, 1.807) is 0 Å². The number of carbonyl (C=O) groups is 1. The number of nitrogens with zero attached hydrogens (tertiary/aromatic N) is 2. The van der Waals surface area contributed by atoms with Gasteiger partial charge in [-0.25, -0.2) is 0 Å². The molecule has 0 aliphatic carbocycles. The van der Waals surface area contributed by atoms with E-state index in [-0.39, 0.29) is 16.0 Å². The van der Waals surface area contributed by atoms with Crippen LogP contribution < -0.4 is 10.1 Å². The van der Waals surface area contributed by atoms with E-state index in [0.29, 0.717) is 22.4 Å². The monoisotopic (exact) mass is 373 g/mol. The van der Waals surface area contributed by atoms with Crippen LogP contribution in [0.25, 0.3) is 0 Å². The minimum Gasteiger partial charge on any atom is -0.494 e. The van der Waals surface area contributed by atoms with E-state index < -0.39 is 0 Å². The summed E-state index contributed by atoms with van der Waals surface area (Å²) < 4.78 is 5.07. The van der Waals surface area contributed by atoms with E-state index in [1.165, 1.54) is 30.6 Å². The summed E-state index contributed by atoms with van der Waals surface area (Å²) in [5.74, 6) is 0.364. The number of anilines is 1. The second kappa shape index (κ2) is 7.95. The summed E-state index contributed by atoms with van der Waals surface area (Å²) >= 11 is 13.5. The number of halogens is 2. The van der Waals surface area contributed by atoms with E-state index in [4.69, 9.17) is 27.9 Å². The zero-order chi connectivity index (χ0) is 17.0. The molecule has 1 heterocycles. The topological polar surface area (TPSA) is 64.1 Å². The molecule has 5 nitrogen and oxygen atoms in total. The molecule has 0 atom stereocenters. The molecule has 1 amide bonds. The third-order valence-corrected chi connectivity index (χ3v) is 5.02. The Labute approximate surface area is 149 Å². The minimum atomic E-state index is -0.344. The van der Waals surface area contributed by atoms with Crippen LogP contribution in [0.5, 0.6) is 5.75 Å². The highest BCUT2D eigenvalue weighted by molar-refractivity contribution is 7.15. The zero-order valence-electron chi connectivity index (χ0n) is 13.0. The number of hydrogen-bond acceptors (Lipinski definition) is 5. The number of aromatic nitrogens is 2. The van der Waals surface area contributed by atoms with Crippen molar-refractivity contribution < 1.29 is 9.53 Å². The molecule has 0 aliphatic heterocycles. The second-order valence-electron chi connectivity index (χ2n) is 4.89. The van der Waals surface area contributed by atoms with Crippen LogP contribution in [0.15, 0.2) is 12.1 Å². The number of benzene rings is 1. The van der Waals surface area contributed by atoms with E-state index in [0.717, 1.165) is 17.8 Å². The number of carbonyl (C=O) groups excluding carboxylic acids is 1. The summed E-state index contributed by atoms with van der Waals surface area (Å²) in [5.41, 5.74) is 0.333. The Morgan fingerprint density at radius 2 is 1.87 bits per heavy atom. The number of nitrogens with one attached hydrogen (secondary N) is 1. The van der Waals surface area contributed by atoms with Crippen LogP contribution in [-0.4, -0.2) is 23.2 Å². The molecule has 0 bridgehead atoms. The van der Waals surface area contributed by atoms with E-state index >= 15 is 0 Å². The molecule has 0 aliphatic rings. The van der Waals surface area contributed by atoms with Gasteiger partial charge in [-0.15, -0.1) is 10.2 Å². The van der Waals surface area contributed by atoms with E-state index in [2.05, 4.69) is 29.4 Å². The molecule has 0 saturated heterocycles. The Balaban J connectivity index is 2.16. The summed E-state index contributed by atoms with van der Waals surface area (Å²) in [6, 6.07) is 3.01. The van der Waals surface area contributed by atoms with Gasteiger partial charge in [-0.05, 0) is 25.0 Å². The Hall–Kier alpha value is -1.37. The molecule has 1 aromatic heterocycles. The first-order chi connectivity index (χ1) is 11.0. The molecule has 8 heteroatoms. The Morgan fingerprint density at radius 1 is 1.26 bits per heavy atom. The van der Waals surface area contributed by atoms with Crippen molar-refractivity contribution in [2.75, 3.05) is 12.4 Å². The second-order valence-corrected chi connectivity index (χ2v) is 6.71. The zero-order valence-corrected chi connectivity index (χ0v) is 15.3. The maximum atomic E-state index is 12.3. The molecule has 0 unspecified atom stereocenters. The number of rotatable bonds is 6. The summed E-state index contributed by atoms with van der Waals surface area (Å²) in [6.45, 7) is 4.21. The lowest BCUT2D eigenvalue weighted by Gasteiger charge is -2.08. The van der Waals surface area contributed by atoms with Gasteiger partial charge in [0.15, 0.2) is 5.75 Å². The van der Waals surface area contributed by atoms with Gasteiger partial charge >= 0.3 is 0 Å². The lowest BCUT2D eigenvalue weighted by Crippen LogP contribution is -2.12. The molecule has 1 aromatic carbocycles. The fourth-order valence-corrected chi connectivity index (χ4v) is 3.79. The Bertz CT molecular complexity index is 679. The third kappa shape index (κ3) is 4.13. The predicted octanol–water partition coefficient (Wildman–Crippen LogP) is 5.01. The molecule has 124 valence electrons. The van der Waals surface area contributed by atoms with Crippen LogP contribution in [0, 0.1) is 0 Å². The predicted molar refractivity (Wildman–Crippen MR) is 94.2 cm³/mol. The fraction of sp³-hybridized carbons (Fsp3) is 0.400. The van der Waals surface area contributed by atoms with Crippen LogP contribution in [0.2, 0.25) is 10.0 Å². The van der Waals surface area contributed by atoms with Crippen molar-refractivity contribution in [1.82, 2.24) is 10.2 Å². The first-order valence-corrected chi connectivity index (χ1v) is 8.75. The average Bonchev–Trinajstić information content (AvgIpc) is 2.96. The highest BCUT2D eigenvalue weighted by Crippen LogP contribution is 2.34. The van der Waals surface area contributed by atoms with Crippen LogP contribution in [-0.2, 0) is 0 Å².